The Morgan fingerprint density at radius 2 is 0.683 bits per heavy atom. The summed E-state index contributed by atoms with van der Waals surface area (Å²) in [6, 6.07) is 10.1. The molecule has 216 valence electrons. The van der Waals surface area contributed by atoms with E-state index in [1.54, 1.807) is 91.8 Å². The molecule has 0 amide bonds. The number of oxime groups is 4. The quantitative estimate of drug-likeness (QED) is 0.134. The predicted molar refractivity (Wildman–Crippen MR) is 164 cm³/mol. The van der Waals surface area contributed by atoms with Gasteiger partial charge in [-0.3, -0.25) is 0 Å². The van der Waals surface area contributed by atoms with E-state index in [1.807, 2.05) is 0 Å². The first kappa shape index (κ1) is 32.0. The Morgan fingerprint density at radius 3 is 0.951 bits per heavy atom. The van der Waals surface area contributed by atoms with Crippen LogP contribution in [0.3, 0.4) is 0 Å². The molecular formula is C28H34N8O5. The van der Waals surface area contributed by atoms with Crippen LogP contribution in [-0.4, -0.2) is 66.5 Å². The van der Waals surface area contributed by atoms with Crippen LogP contribution in [0.15, 0.2) is 77.0 Å². The lowest BCUT2D eigenvalue weighted by Gasteiger charge is -2.11. The maximum atomic E-state index is 9.16. The number of hydrogen-bond donors (Lipinski definition) is 4. The third kappa shape index (κ3) is 8.92. The Labute approximate surface area is 238 Å². The van der Waals surface area contributed by atoms with Crippen molar-refractivity contribution in [1.29, 1.82) is 0 Å². The largest absolute Gasteiger partial charge is 0.457 e. The van der Waals surface area contributed by atoms with Gasteiger partial charge in [0.25, 0.3) is 0 Å². The highest BCUT2D eigenvalue weighted by atomic mass is 16.5. The molecule has 13 nitrogen and oxygen atoms in total. The summed E-state index contributed by atoms with van der Waals surface area (Å²) >= 11 is 0. The minimum absolute atomic E-state index is 0.323. The van der Waals surface area contributed by atoms with E-state index in [2.05, 4.69) is 40.6 Å². The van der Waals surface area contributed by atoms with Crippen molar-refractivity contribution >= 4 is 68.4 Å². The van der Waals surface area contributed by atoms with Crippen LogP contribution < -0.4 is 4.74 Å². The van der Waals surface area contributed by atoms with Gasteiger partial charge in [-0.2, -0.15) is 0 Å². The molecule has 0 atom stereocenters. The zero-order valence-corrected chi connectivity index (χ0v) is 24.2. The smallest absolute Gasteiger partial charge is 0.129 e. The highest BCUT2D eigenvalue weighted by Crippen LogP contribution is 2.38. The number of hydrogen-bond acceptors (Lipinski definition) is 13. The molecule has 2 aromatic rings. The first-order valence-corrected chi connectivity index (χ1v) is 12.4. The van der Waals surface area contributed by atoms with Crippen molar-refractivity contribution in [3.8, 4) is 11.5 Å². The number of ether oxygens (including phenoxy) is 1. The molecule has 0 bridgehead atoms. The van der Waals surface area contributed by atoms with Gasteiger partial charge in [-0.25, -0.2) is 20.0 Å². The molecule has 4 N–H and O–H groups in total. The normalized spacial score (nSPS) is 14.9. The maximum Gasteiger partial charge on any atom is 0.129 e. The van der Waals surface area contributed by atoms with Crippen LogP contribution in [0.1, 0.15) is 55.4 Å². The third-order valence-corrected chi connectivity index (χ3v) is 5.98. The van der Waals surface area contributed by atoms with Crippen LogP contribution in [0.5, 0.6) is 11.5 Å². The molecule has 41 heavy (non-hydrogen) atoms. The van der Waals surface area contributed by atoms with Crippen molar-refractivity contribution in [3.05, 3.63) is 36.4 Å². The van der Waals surface area contributed by atoms with Crippen molar-refractivity contribution in [3.63, 3.8) is 0 Å². The van der Waals surface area contributed by atoms with Crippen molar-refractivity contribution in [1.82, 2.24) is 0 Å². The van der Waals surface area contributed by atoms with Gasteiger partial charge in [0.1, 0.15) is 11.5 Å². The fraction of sp³-hybridized carbons (Fsp3) is 0.286. The summed E-state index contributed by atoms with van der Waals surface area (Å²) in [5, 5.41) is 49.3. The molecular weight excluding hydrogens is 528 g/mol. The summed E-state index contributed by atoms with van der Waals surface area (Å²) in [5.74, 6) is 0.851. The molecule has 0 spiro atoms. The van der Waals surface area contributed by atoms with E-state index in [0.717, 1.165) is 0 Å². The van der Waals surface area contributed by atoms with Gasteiger partial charge in [0, 0.05) is 12.1 Å². The Morgan fingerprint density at radius 1 is 0.415 bits per heavy atom. The van der Waals surface area contributed by atoms with E-state index in [0.29, 0.717) is 79.9 Å². The Balaban J connectivity index is 2.66. The van der Waals surface area contributed by atoms with Crippen LogP contribution >= 0.6 is 0 Å². The molecule has 0 unspecified atom stereocenters. The summed E-state index contributed by atoms with van der Waals surface area (Å²) in [5.41, 5.74) is 5.00. The fourth-order valence-electron chi connectivity index (χ4n) is 2.97. The van der Waals surface area contributed by atoms with E-state index in [4.69, 9.17) is 25.6 Å². The zero-order chi connectivity index (χ0) is 30.7. The van der Waals surface area contributed by atoms with Crippen molar-refractivity contribution in [2.24, 2.45) is 40.6 Å². The standard InChI is InChI=1S/C28H34N8O5/c1-15(19(5)33-37)29-25-11-9-23(13-27(25)31-17(3)21(7)35-39)41-24-10-12-26(30-16(2)20(6)34-38)28(14-24)32-18(4)22(8)36-40/h9-14,37-40H,1-8H3/b29-15?,30-16?,31-17?,32-18?,33-19+,34-20+,35-21+,36-22+. The van der Waals surface area contributed by atoms with Gasteiger partial charge in [0.15, 0.2) is 0 Å². The van der Waals surface area contributed by atoms with Gasteiger partial charge in [0.05, 0.1) is 68.4 Å². The van der Waals surface area contributed by atoms with Gasteiger partial charge in [-0.1, -0.05) is 20.6 Å². The average Bonchev–Trinajstić information content (AvgIpc) is 2.97. The van der Waals surface area contributed by atoms with Crippen LogP contribution in [-0.2, 0) is 0 Å². The van der Waals surface area contributed by atoms with Gasteiger partial charge < -0.3 is 25.6 Å². The number of aliphatic imine (C=N–C) groups is 4. The summed E-state index contributed by atoms with van der Waals surface area (Å²) < 4.78 is 6.13. The first-order chi connectivity index (χ1) is 19.4. The molecule has 2 rings (SSSR count). The van der Waals surface area contributed by atoms with Gasteiger partial charge in [0.2, 0.25) is 0 Å². The zero-order valence-electron chi connectivity index (χ0n) is 24.2. The minimum atomic E-state index is 0.323. The highest BCUT2D eigenvalue weighted by Gasteiger charge is 2.11. The molecule has 0 saturated carbocycles. The number of nitrogens with zero attached hydrogens (tertiary/aromatic N) is 8. The lowest BCUT2D eigenvalue weighted by molar-refractivity contribution is 0.319. The van der Waals surface area contributed by atoms with Crippen molar-refractivity contribution in [2.45, 2.75) is 55.4 Å². The van der Waals surface area contributed by atoms with Gasteiger partial charge >= 0.3 is 0 Å². The molecule has 2 aromatic carbocycles. The third-order valence-electron chi connectivity index (χ3n) is 5.98. The van der Waals surface area contributed by atoms with Crippen molar-refractivity contribution < 1.29 is 25.6 Å². The monoisotopic (exact) mass is 562 g/mol. The highest BCUT2D eigenvalue weighted by molar-refractivity contribution is 6.42. The molecule has 0 aromatic heterocycles. The van der Waals surface area contributed by atoms with Crippen LogP contribution in [0.4, 0.5) is 22.7 Å². The summed E-state index contributed by atoms with van der Waals surface area (Å²) in [6.45, 7) is 13.3. The van der Waals surface area contributed by atoms with Crippen molar-refractivity contribution in [2.75, 3.05) is 0 Å². The number of rotatable bonds is 10. The van der Waals surface area contributed by atoms with Gasteiger partial charge in [-0.05, 0) is 79.7 Å². The van der Waals surface area contributed by atoms with Crippen LogP contribution in [0, 0.1) is 0 Å². The first-order valence-electron chi connectivity index (χ1n) is 12.4. The molecule has 0 fully saturated rings. The molecule has 0 saturated heterocycles. The fourth-order valence-corrected chi connectivity index (χ4v) is 2.97. The summed E-state index contributed by atoms with van der Waals surface area (Å²) in [4.78, 5) is 18.1. The Hall–Kier alpha value is -5.20. The predicted octanol–water partition coefficient (Wildman–Crippen LogP) is 7.25. The SMILES string of the molecule is CC(=Nc1ccc(Oc2ccc(N=C(C)/C(C)=N/O)c(N=C(C)/C(C)=N/O)c2)cc1N=C(C)/C(C)=N/O)/C(C)=N/O. The Kier molecular flexibility index (Phi) is 11.6. The summed E-state index contributed by atoms with van der Waals surface area (Å²) in [7, 11) is 0. The number of benzene rings is 2. The van der Waals surface area contributed by atoms with E-state index in [9.17, 15) is 0 Å². The summed E-state index contributed by atoms with van der Waals surface area (Å²) in [6.07, 6.45) is 0. The van der Waals surface area contributed by atoms with Crippen LogP contribution in [0.25, 0.3) is 0 Å². The van der Waals surface area contributed by atoms with Gasteiger partial charge in [-0.15, -0.1) is 0 Å². The van der Waals surface area contributed by atoms with E-state index >= 15 is 0 Å². The second-order valence-electron chi connectivity index (χ2n) is 8.93. The lowest BCUT2D eigenvalue weighted by atomic mass is 10.2. The maximum absolute atomic E-state index is 9.16. The second-order valence-corrected chi connectivity index (χ2v) is 8.93. The van der Waals surface area contributed by atoms with E-state index in [1.165, 1.54) is 0 Å². The van der Waals surface area contributed by atoms with Crippen LogP contribution in [0.2, 0.25) is 0 Å². The Bertz CT molecular complexity index is 1420. The lowest BCUT2D eigenvalue weighted by Crippen LogP contribution is -2.05. The second kappa shape index (κ2) is 14.8. The topological polar surface area (TPSA) is 189 Å². The van der Waals surface area contributed by atoms with E-state index in [-0.39, 0.29) is 0 Å². The minimum Gasteiger partial charge on any atom is -0.457 e. The molecule has 0 aliphatic heterocycles. The molecule has 0 aliphatic carbocycles. The molecule has 0 aliphatic rings. The molecule has 0 radical (unpaired) electrons. The average molecular weight is 563 g/mol. The molecule has 13 heteroatoms. The molecule has 0 heterocycles. The van der Waals surface area contributed by atoms with E-state index < -0.39 is 0 Å².